The van der Waals surface area contributed by atoms with Crippen molar-refractivity contribution in [3.05, 3.63) is 53.6 Å². The number of carboxylic acids is 1. The number of carbonyl (C=O) groups is 2. The molecule has 164 valence electrons. The lowest BCUT2D eigenvalue weighted by Crippen LogP contribution is -2.46. The molecule has 2 fully saturated rings. The molecule has 2 N–H and O–H groups in total. The van der Waals surface area contributed by atoms with E-state index in [1.807, 2.05) is 36.4 Å². The molecule has 2 atom stereocenters. The summed E-state index contributed by atoms with van der Waals surface area (Å²) < 4.78 is 0. The predicted octanol–water partition coefficient (Wildman–Crippen LogP) is 4.50. The average molecular weight is 442 g/mol. The largest absolute Gasteiger partial charge is 0.481 e. The quantitative estimate of drug-likeness (QED) is 0.714. The Balaban J connectivity index is 1.33. The fourth-order valence-electron chi connectivity index (χ4n) is 4.61. The minimum absolute atomic E-state index is 0.184. The molecule has 0 spiro atoms. The number of hydrogen-bond donors (Lipinski definition) is 2. The van der Waals surface area contributed by atoms with Crippen LogP contribution in [0.4, 0.5) is 17.1 Å². The van der Waals surface area contributed by atoms with Crippen LogP contribution in [-0.4, -0.2) is 43.2 Å². The van der Waals surface area contributed by atoms with Gasteiger partial charge in [-0.1, -0.05) is 24.4 Å². The molecule has 0 aromatic heterocycles. The first kappa shape index (κ1) is 21.5. The molecule has 0 unspecified atom stereocenters. The SMILES string of the molecule is O=C(Nc1ccc(N2CCN(c3ccc(Cl)cc3)CC2)cc1)[C@H]1CCCC[C@H]1C(=O)O. The molecule has 2 aliphatic rings. The molecule has 0 radical (unpaired) electrons. The molecule has 4 rings (SSSR count). The van der Waals surface area contributed by atoms with Gasteiger partial charge in [0.05, 0.1) is 11.8 Å². The number of nitrogens with one attached hydrogen (secondary N) is 1. The van der Waals surface area contributed by atoms with Crippen LogP contribution < -0.4 is 15.1 Å². The van der Waals surface area contributed by atoms with Crippen molar-refractivity contribution < 1.29 is 14.7 Å². The van der Waals surface area contributed by atoms with Crippen LogP contribution in [-0.2, 0) is 9.59 Å². The third kappa shape index (κ3) is 5.13. The zero-order valence-electron chi connectivity index (χ0n) is 17.5. The number of halogens is 1. The van der Waals surface area contributed by atoms with Gasteiger partial charge in [0.25, 0.3) is 0 Å². The normalized spacial score (nSPS) is 21.6. The van der Waals surface area contributed by atoms with Gasteiger partial charge in [-0.2, -0.15) is 0 Å². The Labute approximate surface area is 187 Å². The summed E-state index contributed by atoms with van der Waals surface area (Å²) >= 11 is 5.98. The van der Waals surface area contributed by atoms with E-state index in [1.165, 1.54) is 5.69 Å². The zero-order chi connectivity index (χ0) is 21.8. The van der Waals surface area contributed by atoms with E-state index in [-0.39, 0.29) is 5.91 Å². The van der Waals surface area contributed by atoms with E-state index in [0.717, 1.165) is 49.7 Å². The van der Waals surface area contributed by atoms with Gasteiger partial charge in [0.2, 0.25) is 5.91 Å². The van der Waals surface area contributed by atoms with Crippen LogP contribution in [0.3, 0.4) is 0 Å². The van der Waals surface area contributed by atoms with E-state index in [1.54, 1.807) is 0 Å². The van der Waals surface area contributed by atoms with Crippen molar-refractivity contribution in [3.63, 3.8) is 0 Å². The Morgan fingerprint density at radius 3 is 1.81 bits per heavy atom. The summed E-state index contributed by atoms with van der Waals surface area (Å²) in [7, 11) is 0. The van der Waals surface area contributed by atoms with E-state index in [4.69, 9.17) is 11.6 Å². The summed E-state index contributed by atoms with van der Waals surface area (Å²) in [6, 6.07) is 15.8. The first-order valence-corrected chi connectivity index (χ1v) is 11.3. The number of carboxylic acid groups (broad SMARTS) is 1. The van der Waals surface area contributed by atoms with Crippen molar-refractivity contribution in [2.24, 2.45) is 11.8 Å². The first-order valence-electron chi connectivity index (χ1n) is 10.9. The topological polar surface area (TPSA) is 72.9 Å². The van der Waals surface area contributed by atoms with Gasteiger partial charge >= 0.3 is 5.97 Å². The Hall–Kier alpha value is -2.73. The number of benzene rings is 2. The van der Waals surface area contributed by atoms with Crippen molar-refractivity contribution in [3.8, 4) is 0 Å². The van der Waals surface area contributed by atoms with E-state index in [0.29, 0.717) is 18.5 Å². The highest BCUT2D eigenvalue weighted by atomic mass is 35.5. The van der Waals surface area contributed by atoms with Gasteiger partial charge in [0.1, 0.15) is 0 Å². The summed E-state index contributed by atoms with van der Waals surface area (Å²) in [5.41, 5.74) is 3.02. The molecule has 0 bridgehead atoms. The van der Waals surface area contributed by atoms with Gasteiger partial charge in [-0.15, -0.1) is 0 Å². The zero-order valence-corrected chi connectivity index (χ0v) is 18.2. The lowest BCUT2D eigenvalue weighted by molar-refractivity contribution is -0.147. The number of amides is 1. The Bertz CT molecular complexity index is 909. The van der Waals surface area contributed by atoms with Crippen LogP contribution >= 0.6 is 11.6 Å². The highest BCUT2D eigenvalue weighted by molar-refractivity contribution is 6.30. The highest BCUT2D eigenvalue weighted by Crippen LogP contribution is 2.31. The number of nitrogens with zero attached hydrogens (tertiary/aromatic N) is 2. The second-order valence-corrected chi connectivity index (χ2v) is 8.76. The van der Waals surface area contributed by atoms with Crippen molar-refractivity contribution >= 4 is 40.5 Å². The molecular weight excluding hydrogens is 414 g/mol. The summed E-state index contributed by atoms with van der Waals surface area (Å²) in [5, 5.41) is 13.1. The van der Waals surface area contributed by atoms with Gasteiger partial charge < -0.3 is 20.2 Å². The van der Waals surface area contributed by atoms with E-state index < -0.39 is 17.8 Å². The number of carbonyl (C=O) groups excluding carboxylic acids is 1. The van der Waals surface area contributed by atoms with Crippen LogP contribution in [0.2, 0.25) is 5.02 Å². The van der Waals surface area contributed by atoms with Crippen LogP contribution in [0.1, 0.15) is 25.7 Å². The molecule has 1 aliphatic heterocycles. The fourth-order valence-corrected chi connectivity index (χ4v) is 4.73. The molecule has 31 heavy (non-hydrogen) atoms. The number of anilines is 3. The molecule has 6 nitrogen and oxygen atoms in total. The Morgan fingerprint density at radius 2 is 1.29 bits per heavy atom. The lowest BCUT2D eigenvalue weighted by atomic mass is 9.78. The summed E-state index contributed by atoms with van der Waals surface area (Å²) in [4.78, 5) is 28.8. The molecule has 1 saturated heterocycles. The van der Waals surface area contributed by atoms with Crippen LogP contribution in [0.25, 0.3) is 0 Å². The van der Waals surface area contributed by atoms with Gasteiger partial charge in [0.15, 0.2) is 0 Å². The molecule has 1 heterocycles. The maximum absolute atomic E-state index is 12.7. The molecular formula is C24H28ClN3O3. The van der Waals surface area contributed by atoms with Gasteiger partial charge in [0, 0.05) is 48.3 Å². The summed E-state index contributed by atoms with van der Waals surface area (Å²) in [6.45, 7) is 3.68. The molecule has 1 amide bonds. The van der Waals surface area contributed by atoms with Crippen molar-refractivity contribution in [1.82, 2.24) is 0 Å². The van der Waals surface area contributed by atoms with Gasteiger partial charge in [-0.25, -0.2) is 0 Å². The summed E-state index contributed by atoms with van der Waals surface area (Å²) in [5.74, 6) is -2.08. The maximum atomic E-state index is 12.7. The molecule has 1 aliphatic carbocycles. The maximum Gasteiger partial charge on any atom is 0.307 e. The number of aliphatic carboxylic acids is 1. The molecule has 1 saturated carbocycles. The molecule has 7 heteroatoms. The van der Waals surface area contributed by atoms with Crippen LogP contribution in [0, 0.1) is 11.8 Å². The minimum atomic E-state index is -0.868. The fraction of sp³-hybridized carbons (Fsp3) is 0.417. The van der Waals surface area contributed by atoms with Crippen LogP contribution in [0.15, 0.2) is 48.5 Å². The van der Waals surface area contributed by atoms with Crippen molar-refractivity contribution in [1.29, 1.82) is 0 Å². The Kier molecular flexibility index (Phi) is 6.66. The molecule has 2 aromatic carbocycles. The van der Waals surface area contributed by atoms with Crippen molar-refractivity contribution in [2.75, 3.05) is 41.3 Å². The summed E-state index contributed by atoms with van der Waals surface area (Å²) in [6.07, 6.45) is 3.00. The number of hydrogen-bond acceptors (Lipinski definition) is 4. The van der Waals surface area contributed by atoms with Crippen molar-refractivity contribution in [2.45, 2.75) is 25.7 Å². The molecule has 2 aromatic rings. The van der Waals surface area contributed by atoms with E-state index in [2.05, 4.69) is 27.2 Å². The second-order valence-electron chi connectivity index (χ2n) is 8.32. The van der Waals surface area contributed by atoms with Crippen LogP contribution in [0.5, 0.6) is 0 Å². The minimum Gasteiger partial charge on any atom is -0.481 e. The average Bonchev–Trinajstić information content (AvgIpc) is 2.80. The van der Waals surface area contributed by atoms with Gasteiger partial charge in [-0.05, 0) is 61.4 Å². The van der Waals surface area contributed by atoms with Gasteiger partial charge in [-0.3, -0.25) is 9.59 Å². The first-order chi connectivity index (χ1) is 15.0. The standard InChI is InChI=1S/C24H28ClN3O3/c25-17-5-9-19(10-6-17)27-13-15-28(16-14-27)20-11-7-18(8-12-20)26-23(29)21-3-1-2-4-22(21)24(30)31/h5-12,21-22H,1-4,13-16H2,(H,26,29)(H,30,31)/t21-,22+/m0/s1. The lowest BCUT2D eigenvalue weighted by Gasteiger charge is -2.37. The predicted molar refractivity (Wildman–Crippen MR) is 124 cm³/mol. The second kappa shape index (κ2) is 9.60. The third-order valence-electron chi connectivity index (χ3n) is 6.39. The smallest absolute Gasteiger partial charge is 0.307 e. The third-order valence-corrected chi connectivity index (χ3v) is 6.64. The monoisotopic (exact) mass is 441 g/mol. The number of piperazine rings is 1. The Morgan fingerprint density at radius 1 is 0.806 bits per heavy atom. The highest BCUT2D eigenvalue weighted by Gasteiger charge is 2.35. The van der Waals surface area contributed by atoms with E-state index >= 15 is 0 Å². The van der Waals surface area contributed by atoms with E-state index in [9.17, 15) is 14.7 Å². The number of rotatable bonds is 5.